The Balaban J connectivity index is 1.12. The maximum Gasteiger partial charge on any atom is 0.0505 e. The average molecular weight is 747 g/mol. The van der Waals surface area contributed by atoms with E-state index in [4.69, 9.17) is 0 Å². The summed E-state index contributed by atoms with van der Waals surface area (Å²) in [6.07, 6.45) is 4.74. The molecule has 1 saturated carbocycles. The summed E-state index contributed by atoms with van der Waals surface area (Å²) in [5.74, 6) is 1.08. The first kappa shape index (κ1) is 33.7. The number of fused-ring (bicyclic) bond motifs is 6. The van der Waals surface area contributed by atoms with Crippen LogP contribution in [0.4, 0.5) is 34.1 Å². The summed E-state index contributed by atoms with van der Waals surface area (Å²) < 4.78 is 0. The second-order valence-corrected chi connectivity index (χ2v) is 17.6. The summed E-state index contributed by atoms with van der Waals surface area (Å²) >= 11 is 0. The maximum atomic E-state index is 2.63. The minimum Gasteiger partial charge on any atom is -0.310 e. The highest BCUT2D eigenvalue weighted by Gasteiger charge is 2.62. The number of hydrogen-bond acceptors (Lipinski definition) is 2. The number of para-hydroxylation sites is 2. The predicted molar refractivity (Wildman–Crippen MR) is 242 cm³/mol. The molecule has 0 heterocycles. The Kier molecular flexibility index (Phi) is 7.30. The molecule has 12 rings (SSSR count). The summed E-state index contributed by atoms with van der Waals surface area (Å²) in [6.45, 7) is 4.80. The van der Waals surface area contributed by atoms with Crippen LogP contribution in [0.15, 0.2) is 182 Å². The Hall–Kier alpha value is -6.38. The number of anilines is 6. The highest BCUT2D eigenvalue weighted by Crippen LogP contribution is 2.69. The van der Waals surface area contributed by atoms with Crippen molar-refractivity contribution >= 4 is 44.9 Å². The molecule has 58 heavy (non-hydrogen) atoms. The Morgan fingerprint density at radius 2 is 0.931 bits per heavy atom. The summed E-state index contributed by atoms with van der Waals surface area (Å²) in [4.78, 5) is 5.16. The minimum atomic E-state index is -0.110. The minimum absolute atomic E-state index is 0.104. The fourth-order valence-electron chi connectivity index (χ4n) is 12.2. The Morgan fingerprint density at radius 1 is 0.414 bits per heavy atom. The van der Waals surface area contributed by atoms with Crippen molar-refractivity contribution in [2.75, 3.05) is 9.80 Å². The van der Waals surface area contributed by atoms with Gasteiger partial charge in [0.2, 0.25) is 0 Å². The summed E-state index contributed by atoms with van der Waals surface area (Å²) in [5.41, 5.74) is 18.9. The molecule has 4 aliphatic rings. The standard InChI is InChI=1S/C56H46N2/c1-55(2)49-24-12-11-23-47(49)48-32-31-46(36-50(48)55)58(45-30-27-37-15-9-10-16-38(37)35-45)52-26-14-18-40-34-42-29-28-41-33-39-17-13-25-51(53(39)56(41,42)54(40)52)57(43-19-5-3-6-20-43)44-21-7-4-8-22-44/h3-27,30-32,35-36,41-42H,28-29,33-34H2,1-2H3. The molecule has 1 spiro atoms. The van der Waals surface area contributed by atoms with Gasteiger partial charge in [-0.1, -0.05) is 135 Å². The zero-order valence-electron chi connectivity index (χ0n) is 33.2. The molecule has 8 aromatic carbocycles. The van der Waals surface area contributed by atoms with Crippen molar-refractivity contribution in [1.82, 2.24) is 0 Å². The number of nitrogens with zero attached hydrogens (tertiary/aromatic N) is 2. The molecule has 0 bridgehead atoms. The second kappa shape index (κ2) is 12.6. The average Bonchev–Trinajstić information content (AvgIpc) is 3.96. The lowest BCUT2D eigenvalue weighted by atomic mass is 9.68. The van der Waals surface area contributed by atoms with E-state index in [0.29, 0.717) is 11.8 Å². The van der Waals surface area contributed by atoms with Gasteiger partial charge in [0.1, 0.15) is 0 Å². The molecule has 0 aromatic heterocycles. The molecule has 8 aromatic rings. The molecular formula is C56H46N2. The van der Waals surface area contributed by atoms with Crippen LogP contribution < -0.4 is 9.80 Å². The third-order valence-electron chi connectivity index (χ3n) is 14.5. The molecule has 2 nitrogen and oxygen atoms in total. The van der Waals surface area contributed by atoms with Gasteiger partial charge in [-0.05, 0) is 153 Å². The zero-order valence-corrected chi connectivity index (χ0v) is 33.2. The van der Waals surface area contributed by atoms with E-state index in [0.717, 1.165) is 12.8 Å². The summed E-state index contributed by atoms with van der Waals surface area (Å²) in [5, 5.41) is 2.52. The van der Waals surface area contributed by atoms with Gasteiger partial charge in [-0.3, -0.25) is 0 Å². The molecule has 1 fully saturated rings. The maximum absolute atomic E-state index is 2.63. The normalized spacial score (nSPS) is 20.2. The Bertz CT molecular complexity index is 2860. The summed E-state index contributed by atoms with van der Waals surface area (Å²) in [7, 11) is 0. The quantitative estimate of drug-likeness (QED) is 0.167. The van der Waals surface area contributed by atoms with Crippen LogP contribution in [0.2, 0.25) is 0 Å². The van der Waals surface area contributed by atoms with Crippen LogP contribution in [0.3, 0.4) is 0 Å². The van der Waals surface area contributed by atoms with E-state index in [1.54, 1.807) is 11.1 Å². The predicted octanol–water partition coefficient (Wildman–Crippen LogP) is 14.5. The molecule has 0 saturated heterocycles. The Morgan fingerprint density at radius 3 is 1.59 bits per heavy atom. The van der Waals surface area contributed by atoms with E-state index in [2.05, 4.69) is 206 Å². The third-order valence-corrected chi connectivity index (χ3v) is 14.5. The number of benzene rings is 8. The van der Waals surface area contributed by atoms with Crippen LogP contribution in [0.1, 0.15) is 60.1 Å². The largest absolute Gasteiger partial charge is 0.310 e. The van der Waals surface area contributed by atoms with Crippen molar-refractivity contribution in [3.05, 3.63) is 215 Å². The molecule has 280 valence electrons. The second-order valence-electron chi connectivity index (χ2n) is 17.6. The molecule has 0 aliphatic heterocycles. The van der Waals surface area contributed by atoms with Crippen molar-refractivity contribution < 1.29 is 0 Å². The smallest absolute Gasteiger partial charge is 0.0505 e. The molecule has 3 unspecified atom stereocenters. The van der Waals surface area contributed by atoms with Crippen LogP contribution in [0, 0.1) is 11.8 Å². The molecule has 4 aliphatic carbocycles. The molecule has 0 amide bonds. The Labute approximate surface area is 342 Å². The SMILES string of the molecule is CC1(C)c2ccccc2-c2ccc(N(c3ccc4ccccc4c3)c3cccc4c3C35c6c(cccc6N(c6ccccc6)c6ccccc6)CC3CCC5C4)cc21. The van der Waals surface area contributed by atoms with E-state index < -0.39 is 0 Å². The van der Waals surface area contributed by atoms with Gasteiger partial charge in [0.25, 0.3) is 0 Å². The van der Waals surface area contributed by atoms with E-state index in [1.807, 2.05) is 0 Å². The van der Waals surface area contributed by atoms with E-state index in [1.165, 1.54) is 91.1 Å². The van der Waals surface area contributed by atoms with Gasteiger partial charge >= 0.3 is 0 Å². The summed E-state index contributed by atoms with van der Waals surface area (Å²) in [6, 6.07) is 68.6. The molecule has 3 atom stereocenters. The van der Waals surface area contributed by atoms with Gasteiger partial charge in [0, 0.05) is 33.6 Å². The zero-order chi connectivity index (χ0) is 38.6. The first-order valence-corrected chi connectivity index (χ1v) is 21.2. The lowest BCUT2D eigenvalue weighted by molar-refractivity contribution is 0.350. The van der Waals surface area contributed by atoms with Crippen LogP contribution in [-0.4, -0.2) is 0 Å². The van der Waals surface area contributed by atoms with Crippen molar-refractivity contribution in [2.45, 2.75) is 50.4 Å². The molecule has 0 radical (unpaired) electrons. The van der Waals surface area contributed by atoms with Crippen LogP contribution in [0.25, 0.3) is 21.9 Å². The number of hydrogen-bond donors (Lipinski definition) is 0. The molecular weight excluding hydrogens is 701 g/mol. The van der Waals surface area contributed by atoms with Crippen LogP contribution >= 0.6 is 0 Å². The monoisotopic (exact) mass is 746 g/mol. The van der Waals surface area contributed by atoms with Gasteiger partial charge in [-0.25, -0.2) is 0 Å². The van der Waals surface area contributed by atoms with Crippen molar-refractivity contribution in [3.8, 4) is 11.1 Å². The number of rotatable bonds is 6. The van der Waals surface area contributed by atoms with Gasteiger partial charge in [0.05, 0.1) is 11.4 Å². The lowest BCUT2D eigenvalue weighted by Gasteiger charge is -2.40. The van der Waals surface area contributed by atoms with E-state index in [9.17, 15) is 0 Å². The third kappa shape index (κ3) is 4.66. The van der Waals surface area contributed by atoms with E-state index in [-0.39, 0.29) is 10.8 Å². The van der Waals surface area contributed by atoms with Gasteiger partial charge in [-0.15, -0.1) is 0 Å². The first-order valence-electron chi connectivity index (χ1n) is 21.2. The lowest BCUT2D eigenvalue weighted by Crippen LogP contribution is -2.34. The van der Waals surface area contributed by atoms with Crippen molar-refractivity contribution in [2.24, 2.45) is 11.8 Å². The van der Waals surface area contributed by atoms with Gasteiger partial charge in [-0.2, -0.15) is 0 Å². The van der Waals surface area contributed by atoms with Crippen molar-refractivity contribution in [1.29, 1.82) is 0 Å². The fourth-order valence-corrected chi connectivity index (χ4v) is 12.2. The fraction of sp³-hybridized carbons (Fsp3) is 0.179. The highest BCUT2D eigenvalue weighted by molar-refractivity contribution is 5.93. The molecule has 0 N–H and O–H groups in total. The van der Waals surface area contributed by atoms with Gasteiger partial charge in [0.15, 0.2) is 0 Å². The topological polar surface area (TPSA) is 6.48 Å². The van der Waals surface area contributed by atoms with Gasteiger partial charge < -0.3 is 9.80 Å². The van der Waals surface area contributed by atoms with Crippen molar-refractivity contribution in [3.63, 3.8) is 0 Å². The van der Waals surface area contributed by atoms with E-state index >= 15 is 0 Å². The van der Waals surface area contributed by atoms with Crippen LogP contribution in [0.5, 0.6) is 0 Å². The highest BCUT2D eigenvalue weighted by atomic mass is 15.2. The molecule has 2 heteroatoms. The first-order chi connectivity index (χ1) is 28.5. The van der Waals surface area contributed by atoms with Crippen LogP contribution in [-0.2, 0) is 23.7 Å².